The zero-order chi connectivity index (χ0) is 31.8. The number of ether oxygens (including phenoxy) is 1. The summed E-state index contributed by atoms with van der Waals surface area (Å²) in [5, 5.41) is 13.5. The van der Waals surface area contributed by atoms with Gasteiger partial charge < -0.3 is 15.4 Å². The van der Waals surface area contributed by atoms with Crippen molar-refractivity contribution in [2.24, 2.45) is 11.3 Å². The van der Waals surface area contributed by atoms with E-state index in [1.807, 2.05) is 78.3 Å². The third kappa shape index (κ3) is 6.11. The average molecular weight is 651 g/mol. The molecule has 4 aromatic heterocycles. The Balaban J connectivity index is 1.08. The fourth-order valence-corrected chi connectivity index (χ4v) is 8.58. The summed E-state index contributed by atoms with van der Waals surface area (Å²) in [4.78, 5) is 27.2. The molecule has 0 unspecified atom stereocenters. The van der Waals surface area contributed by atoms with Gasteiger partial charge in [-0.3, -0.25) is 4.79 Å². The number of anilines is 1. The highest BCUT2D eigenvalue weighted by Gasteiger charge is 2.32. The molecule has 8 nitrogen and oxygen atoms in total. The van der Waals surface area contributed by atoms with Gasteiger partial charge in [0.15, 0.2) is 5.82 Å². The van der Waals surface area contributed by atoms with Gasteiger partial charge >= 0.3 is 0 Å². The molecular weight excluding hydrogens is 613 g/mol. The van der Waals surface area contributed by atoms with Crippen molar-refractivity contribution in [1.29, 1.82) is 0 Å². The monoisotopic (exact) mass is 650 g/mol. The third-order valence-corrected chi connectivity index (χ3v) is 11.0. The normalized spacial score (nSPS) is 14.8. The molecule has 0 fully saturated rings. The van der Waals surface area contributed by atoms with E-state index in [2.05, 4.69) is 31.4 Å². The maximum atomic E-state index is 13.2. The lowest BCUT2D eigenvalue weighted by Gasteiger charge is -2.33. The first-order chi connectivity index (χ1) is 22.2. The summed E-state index contributed by atoms with van der Waals surface area (Å²) in [5.74, 6) is 2.80. The van der Waals surface area contributed by atoms with Crippen LogP contribution in [0.1, 0.15) is 58.8 Å². The van der Waals surface area contributed by atoms with E-state index in [9.17, 15) is 4.79 Å². The fraction of sp³-hybridized carbons (Fsp3) is 0.333. The van der Waals surface area contributed by atoms with Crippen molar-refractivity contribution >= 4 is 54.8 Å². The van der Waals surface area contributed by atoms with Crippen LogP contribution in [0.4, 0.5) is 5.82 Å². The molecule has 0 aliphatic heterocycles. The Morgan fingerprint density at radius 1 is 1.02 bits per heavy atom. The molecule has 10 heteroatoms. The van der Waals surface area contributed by atoms with Crippen LogP contribution in [0.25, 0.3) is 26.1 Å². The van der Waals surface area contributed by atoms with Crippen LogP contribution >= 0.6 is 22.7 Å². The van der Waals surface area contributed by atoms with Gasteiger partial charge in [0.2, 0.25) is 0 Å². The van der Waals surface area contributed by atoms with Crippen LogP contribution in [0.15, 0.2) is 66.7 Å². The van der Waals surface area contributed by atoms with Gasteiger partial charge in [0.1, 0.15) is 27.8 Å². The maximum absolute atomic E-state index is 13.2. The average Bonchev–Trinajstić information content (AvgIpc) is 3.75. The number of hydrogen-bond acceptors (Lipinski definition) is 8. The van der Waals surface area contributed by atoms with E-state index in [4.69, 9.17) is 19.8 Å². The predicted molar refractivity (Wildman–Crippen MR) is 188 cm³/mol. The van der Waals surface area contributed by atoms with Crippen molar-refractivity contribution in [3.05, 3.63) is 93.6 Å². The number of carbonyl (C=O) groups is 1. The van der Waals surface area contributed by atoms with Crippen LogP contribution in [-0.2, 0) is 19.4 Å². The molecule has 1 amide bonds. The van der Waals surface area contributed by atoms with Crippen molar-refractivity contribution in [3.63, 3.8) is 0 Å². The highest BCUT2D eigenvalue weighted by atomic mass is 32.1. The minimum atomic E-state index is -0.0899. The minimum absolute atomic E-state index is 0.0899. The van der Waals surface area contributed by atoms with E-state index < -0.39 is 0 Å². The first-order valence-electron chi connectivity index (χ1n) is 15.8. The van der Waals surface area contributed by atoms with Gasteiger partial charge in [-0.05, 0) is 73.4 Å². The van der Waals surface area contributed by atoms with Crippen molar-refractivity contribution in [2.75, 3.05) is 18.4 Å². The molecule has 0 saturated heterocycles. The van der Waals surface area contributed by atoms with Gasteiger partial charge in [-0.15, -0.1) is 22.7 Å². The van der Waals surface area contributed by atoms with Crippen LogP contribution < -0.4 is 15.4 Å². The number of fused-ring (bicyclic) bond motifs is 4. The van der Waals surface area contributed by atoms with Crippen molar-refractivity contribution in [2.45, 2.75) is 53.6 Å². The SMILES string of the molecule is Cc1nn(-c2ccccc2)c2sc(C(=O)NCCNc3nc(COc4ccccc4)nc4sc5c(c34)CC[C@H](C(C)(C)C)C5)cc12. The summed E-state index contributed by atoms with van der Waals surface area (Å²) in [5.41, 5.74) is 3.52. The Bertz CT molecular complexity index is 2010. The second kappa shape index (κ2) is 12.5. The van der Waals surface area contributed by atoms with Gasteiger partial charge in [-0.2, -0.15) is 5.10 Å². The largest absolute Gasteiger partial charge is 0.486 e. The number of amides is 1. The molecule has 6 aromatic rings. The molecule has 0 bridgehead atoms. The van der Waals surface area contributed by atoms with Gasteiger partial charge in [0, 0.05) is 23.4 Å². The molecule has 2 aromatic carbocycles. The molecule has 0 spiro atoms. The molecule has 7 rings (SSSR count). The highest BCUT2D eigenvalue weighted by molar-refractivity contribution is 7.20. The summed E-state index contributed by atoms with van der Waals surface area (Å²) in [6.07, 6.45) is 3.26. The van der Waals surface area contributed by atoms with Crippen LogP contribution in [0.3, 0.4) is 0 Å². The van der Waals surface area contributed by atoms with Crippen LogP contribution in [0.5, 0.6) is 5.75 Å². The lowest BCUT2D eigenvalue weighted by molar-refractivity contribution is 0.0959. The zero-order valence-corrected chi connectivity index (χ0v) is 28.2. The molecule has 0 radical (unpaired) electrons. The van der Waals surface area contributed by atoms with Crippen LogP contribution in [-0.4, -0.2) is 38.7 Å². The van der Waals surface area contributed by atoms with Gasteiger partial charge in [0.25, 0.3) is 5.91 Å². The van der Waals surface area contributed by atoms with E-state index in [1.54, 1.807) is 11.3 Å². The number of hydrogen-bond donors (Lipinski definition) is 2. The summed E-state index contributed by atoms with van der Waals surface area (Å²) in [6, 6.07) is 21.7. The number of rotatable bonds is 9. The number of benzene rings is 2. The van der Waals surface area contributed by atoms with E-state index in [1.165, 1.54) is 21.8 Å². The Morgan fingerprint density at radius 2 is 1.78 bits per heavy atom. The van der Waals surface area contributed by atoms with Gasteiger partial charge in [0.05, 0.1) is 21.6 Å². The number of nitrogens with one attached hydrogen (secondary N) is 2. The predicted octanol–water partition coefficient (Wildman–Crippen LogP) is 7.97. The lowest BCUT2D eigenvalue weighted by Crippen LogP contribution is -2.28. The van der Waals surface area contributed by atoms with Crippen LogP contribution in [0, 0.1) is 18.3 Å². The standard InChI is InChI=1S/C36H38N6O2S2/c1-22-27-20-29(46-35(27)42(41-22)24-11-7-5-8-12-24)33(43)38-18-17-37-32-31-26-16-15-23(36(2,3)4)19-28(26)45-34(31)40-30(39-32)21-44-25-13-9-6-10-14-25/h5-14,20,23H,15-19,21H2,1-4H3,(H,38,43)(H,37,39,40)/t23-/m0/s1. The summed E-state index contributed by atoms with van der Waals surface area (Å²) in [7, 11) is 0. The quantitative estimate of drug-likeness (QED) is 0.154. The Hall–Kier alpha value is -4.28. The highest BCUT2D eigenvalue weighted by Crippen LogP contribution is 2.44. The van der Waals surface area contributed by atoms with Crippen molar-refractivity contribution in [3.8, 4) is 11.4 Å². The summed E-state index contributed by atoms with van der Waals surface area (Å²) < 4.78 is 7.93. The third-order valence-electron chi connectivity index (χ3n) is 8.76. The molecule has 1 atom stereocenters. The van der Waals surface area contributed by atoms with Crippen molar-refractivity contribution < 1.29 is 9.53 Å². The van der Waals surface area contributed by atoms with Crippen molar-refractivity contribution in [1.82, 2.24) is 25.1 Å². The van der Waals surface area contributed by atoms with E-state index >= 15 is 0 Å². The first-order valence-corrected chi connectivity index (χ1v) is 17.4. The number of carbonyl (C=O) groups excluding carboxylic acids is 1. The first kappa shape index (κ1) is 30.4. The number of aromatic nitrogens is 4. The molecule has 236 valence electrons. The minimum Gasteiger partial charge on any atom is -0.486 e. The zero-order valence-electron chi connectivity index (χ0n) is 26.6. The fourth-order valence-electron chi connectivity index (χ4n) is 6.17. The van der Waals surface area contributed by atoms with E-state index in [0.717, 1.165) is 62.6 Å². The lowest BCUT2D eigenvalue weighted by atomic mass is 9.72. The molecule has 2 N–H and O–H groups in total. The van der Waals surface area contributed by atoms with E-state index in [0.29, 0.717) is 29.7 Å². The molecule has 4 heterocycles. The Kier molecular flexibility index (Phi) is 8.25. The Labute approximate surface area is 276 Å². The number of aryl methyl sites for hydroxylation is 2. The molecule has 46 heavy (non-hydrogen) atoms. The molecular formula is C36H38N6O2S2. The van der Waals surface area contributed by atoms with Gasteiger partial charge in [-0.1, -0.05) is 57.2 Å². The molecule has 1 aliphatic carbocycles. The van der Waals surface area contributed by atoms with Gasteiger partial charge in [-0.25, -0.2) is 14.6 Å². The number of para-hydroxylation sites is 2. The number of nitrogens with zero attached hydrogens (tertiary/aromatic N) is 4. The van der Waals surface area contributed by atoms with Crippen LogP contribution in [0.2, 0.25) is 0 Å². The molecule has 1 aliphatic rings. The smallest absolute Gasteiger partial charge is 0.261 e. The maximum Gasteiger partial charge on any atom is 0.261 e. The summed E-state index contributed by atoms with van der Waals surface area (Å²) >= 11 is 3.25. The Morgan fingerprint density at radius 3 is 2.54 bits per heavy atom. The van der Waals surface area contributed by atoms with E-state index in [-0.39, 0.29) is 17.9 Å². The molecule has 0 saturated carbocycles. The second-order valence-corrected chi connectivity index (χ2v) is 15.0. The topological polar surface area (TPSA) is 94.0 Å². The second-order valence-electron chi connectivity index (χ2n) is 12.9. The summed E-state index contributed by atoms with van der Waals surface area (Å²) in [6.45, 7) is 10.3. The number of thiophene rings is 2.